The number of carbonyl (C=O) groups is 2. The number of hydrogen-bond donors (Lipinski definition) is 2. The zero-order chi connectivity index (χ0) is 16.4. The Morgan fingerprint density at radius 3 is 2.78 bits per heavy atom. The number of methoxy groups -OCH3 is 1. The molecule has 23 heavy (non-hydrogen) atoms. The number of fused-ring (bicyclic) bond motifs is 1. The second kappa shape index (κ2) is 6.30. The lowest BCUT2D eigenvalue weighted by Crippen LogP contribution is -2.12. The maximum absolute atomic E-state index is 12.3. The van der Waals surface area contributed by atoms with Crippen LogP contribution in [-0.4, -0.2) is 25.5 Å². The molecule has 6 heteroatoms. The van der Waals surface area contributed by atoms with Crippen LogP contribution < -0.4 is 10.6 Å². The van der Waals surface area contributed by atoms with E-state index in [2.05, 4.69) is 15.4 Å². The van der Waals surface area contributed by atoms with E-state index in [1.807, 2.05) is 12.1 Å². The highest BCUT2D eigenvalue weighted by Crippen LogP contribution is 2.25. The topological polar surface area (TPSA) is 67.4 Å². The van der Waals surface area contributed by atoms with Crippen LogP contribution in [0.5, 0.6) is 0 Å². The van der Waals surface area contributed by atoms with Gasteiger partial charge in [0.1, 0.15) is 0 Å². The summed E-state index contributed by atoms with van der Waals surface area (Å²) in [5, 5.41) is 6.24. The highest BCUT2D eigenvalue weighted by molar-refractivity contribution is 6.34. The summed E-state index contributed by atoms with van der Waals surface area (Å²) in [5.74, 6) is -0.749. The number of anilines is 2. The molecule has 118 valence electrons. The first-order valence-corrected chi connectivity index (χ1v) is 7.52. The molecular formula is C17H15ClN2O3. The average molecular weight is 331 g/mol. The van der Waals surface area contributed by atoms with E-state index < -0.39 is 5.97 Å². The number of amides is 1. The van der Waals surface area contributed by atoms with E-state index in [1.165, 1.54) is 24.8 Å². The zero-order valence-electron chi connectivity index (χ0n) is 12.5. The lowest BCUT2D eigenvalue weighted by atomic mass is 10.1. The highest BCUT2D eigenvalue weighted by atomic mass is 35.5. The van der Waals surface area contributed by atoms with Crippen molar-refractivity contribution in [3.05, 3.63) is 58.1 Å². The third-order valence-corrected chi connectivity index (χ3v) is 4.03. The molecule has 0 aromatic heterocycles. The van der Waals surface area contributed by atoms with Crippen LogP contribution in [0.15, 0.2) is 36.4 Å². The number of rotatable bonds is 3. The molecule has 1 amide bonds. The van der Waals surface area contributed by atoms with E-state index in [4.69, 9.17) is 11.6 Å². The molecule has 0 spiro atoms. The van der Waals surface area contributed by atoms with Crippen LogP contribution in [0, 0.1) is 0 Å². The average Bonchev–Trinajstić information content (AvgIpc) is 3.01. The minimum Gasteiger partial charge on any atom is -0.465 e. The maximum atomic E-state index is 12.3. The van der Waals surface area contributed by atoms with Crippen LogP contribution in [0.1, 0.15) is 26.3 Å². The Hall–Kier alpha value is -2.53. The molecule has 0 unspecified atom stereocenters. The van der Waals surface area contributed by atoms with Crippen molar-refractivity contribution in [3.8, 4) is 0 Å². The number of ether oxygens (including phenoxy) is 1. The first-order valence-electron chi connectivity index (χ1n) is 7.14. The smallest absolute Gasteiger partial charge is 0.339 e. The van der Waals surface area contributed by atoms with E-state index in [-0.39, 0.29) is 16.5 Å². The first kappa shape index (κ1) is 15.4. The molecule has 0 bridgehead atoms. The fourth-order valence-corrected chi connectivity index (χ4v) is 2.76. The minimum absolute atomic E-state index is 0.227. The van der Waals surface area contributed by atoms with Gasteiger partial charge < -0.3 is 15.4 Å². The Morgan fingerprint density at radius 2 is 2.04 bits per heavy atom. The summed E-state index contributed by atoms with van der Waals surface area (Å²) < 4.78 is 4.63. The van der Waals surface area contributed by atoms with Crippen molar-refractivity contribution < 1.29 is 14.3 Å². The van der Waals surface area contributed by atoms with Crippen molar-refractivity contribution in [3.63, 3.8) is 0 Å². The molecule has 0 fully saturated rings. The second-order valence-electron chi connectivity index (χ2n) is 5.19. The van der Waals surface area contributed by atoms with Crippen LogP contribution >= 0.6 is 11.6 Å². The molecular weight excluding hydrogens is 316 g/mol. The van der Waals surface area contributed by atoms with E-state index >= 15 is 0 Å². The van der Waals surface area contributed by atoms with Gasteiger partial charge in [0.25, 0.3) is 5.91 Å². The molecule has 0 radical (unpaired) electrons. The lowest BCUT2D eigenvalue weighted by molar-refractivity contribution is 0.0601. The number of benzene rings is 2. The van der Waals surface area contributed by atoms with Crippen LogP contribution in [0.4, 0.5) is 11.4 Å². The van der Waals surface area contributed by atoms with Crippen molar-refractivity contribution in [2.75, 3.05) is 24.3 Å². The SMILES string of the molecule is COC(=O)c1ccc(NC(=O)c2ccc3c(c2)NCC3)cc1Cl. The van der Waals surface area contributed by atoms with Gasteiger partial charge in [0, 0.05) is 23.5 Å². The highest BCUT2D eigenvalue weighted by Gasteiger charge is 2.15. The summed E-state index contributed by atoms with van der Waals surface area (Å²) >= 11 is 6.05. The molecule has 0 aliphatic carbocycles. The van der Waals surface area contributed by atoms with Gasteiger partial charge in [-0.1, -0.05) is 17.7 Å². The summed E-state index contributed by atoms with van der Waals surface area (Å²) in [6.07, 6.45) is 0.974. The van der Waals surface area contributed by atoms with Gasteiger partial charge in [0.15, 0.2) is 0 Å². The van der Waals surface area contributed by atoms with Gasteiger partial charge in [0.2, 0.25) is 0 Å². The van der Waals surface area contributed by atoms with Crippen LogP contribution in [0.2, 0.25) is 5.02 Å². The summed E-state index contributed by atoms with van der Waals surface area (Å²) in [6, 6.07) is 10.2. The van der Waals surface area contributed by atoms with Gasteiger partial charge in [0.05, 0.1) is 17.7 Å². The van der Waals surface area contributed by atoms with E-state index in [0.717, 1.165) is 18.7 Å². The fourth-order valence-electron chi connectivity index (χ4n) is 2.50. The summed E-state index contributed by atoms with van der Waals surface area (Å²) in [6.45, 7) is 0.894. The van der Waals surface area contributed by atoms with Gasteiger partial charge in [-0.2, -0.15) is 0 Å². The van der Waals surface area contributed by atoms with Crippen LogP contribution in [0.25, 0.3) is 0 Å². The lowest BCUT2D eigenvalue weighted by Gasteiger charge is -2.09. The minimum atomic E-state index is -0.516. The summed E-state index contributed by atoms with van der Waals surface area (Å²) in [4.78, 5) is 23.8. The van der Waals surface area contributed by atoms with Gasteiger partial charge in [-0.15, -0.1) is 0 Å². The summed E-state index contributed by atoms with van der Waals surface area (Å²) in [5.41, 5.74) is 3.55. The predicted molar refractivity (Wildman–Crippen MR) is 89.4 cm³/mol. The van der Waals surface area contributed by atoms with Gasteiger partial charge >= 0.3 is 5.97 Å². The number of carbonyl (C=O) groups excluding carboxylic acids is 2. The quantitative estimate of drug-likeness (QED) is 0.847. The van der Waals surface area contributed by atoms with Crippen LogP contribution in [-0.2, 0) is 11.2 Å². The molecule has 0 saturated carbocycles. The predicted octanol–water partition coefficient (Wildman–Crippen LogP) is 3.35. The molecule has 1 heterocycles. The van der Waals surface area contributed by atoms with E-state index in [0.29, 0.717) is 11.3 Å². The third kappa shape index (κ3) is 3.14. The Balaban J connectivity index is 1.78. The number of nitrogens with one attached hydrogen (secondary N) is 2. The Morgan fingerprint density at radius 1 is 1.22 bits per heavy atom. The molecule has 3 rings (SSSR count). The fraction of sp³-hybridized carbons (Fsp3) is 0.176. The maximum Gasteiger partial charge on any atom is 0.339 e. The van der Waals surface area contributed by atoms with Gasteiger partial charge in [-0.25, -0.2) is 4.79 Å². The van der Waals surface area contributed by atoms with Gasteiger partial charge in [-0.05, 0) is 42.3 Å². The first-order chi connectivity index (χ1) is 11.1. The summed E-state index contributed by atoms with van der Waals surface area (Å²) in [7, 11) is 1.29. The Kier molecular flexibility index (Phi) is 4.21. The third-order valence-electron chi connectivity index (χ3n) is 3.71. The molecule has 2 N–H and O–H groups in total. The Bertz CT molecular complexity index is 789. The molecule has 0 saturated heterocycles. The van der Waals surface area contributed by atoms with Crippen molar-refractivity contribution in [2.24, 2.45) is 0 Å². The van der Waals surface area contributed by atoms with E-state index in [9.17, 15) is 9.59 Å². The molecule has 1 aliphatic rings. The number of halogens is 1. The van der Waals surface area contributed by atoms with Crippen molar-refractivity contribution in [1.82, 2.24) is 0 Å². The van der Waals surface area contributed by atoms with Crippen molar-refractivity contribution in [2.45, 2.75) is 6.42 Å². The monoisotopic (exact) mass is 330 g/mol. The second-order valence-corrected chi connectivity index (χ2v) is 5.60. The molecule has 1 aliphatic heterocycles. The number of esters is 1. The largest absolute Gasteiger partial charge is 0.465 e. The van der Waals surface area contributed by atoms with E-state index in [1.54, 1.807) is 12.1 Å². The van der Waals surface area contributed by atoms with Crippen molar-refractivity contribution in [1.29, 1.82) is 0 Å². The molecule has 2 aromatic carbocycles. The molecule has 2 aromatic rings. The molecule has 5 nitrogen and oxygen atoms in total. The standard InChI is InChI=1S/C17H15ClN2O3/c1-23-17(22)13-5-4-12(9-14(13)18)20-16(21)11-3-2-10-6-7-19-15(10)8-11/h2-5,8-9,19H,6-7H2,1H3,(H,20,21). The van der Waals surface area contributed by atoms with Crippen LogP contribution in [0.3, 0.4) is 0 Å². The zero-order valence-corrected chi connectivity index (χ0v) is 13.2. The molecule has 0 atom stereocenters. The van der Waals surface area contributed by atoms with Gasteiger partial charge in [-0.3, -0.25) is 4.79 Å². The normalized spacial score (nSPS) is 12.3. The van der Waals surface area contributed by atoms with Crippen molar-refractivity contribution >= 4 is 34.9 Å². The number of hydrogen-bond acceptors (Lipinski definition) is 4. The Labute approximate surface area is 138 Å².